The van der Waals surface area contributed by atoms with Crippen LogP contribution < -0.4 is 10.2 Å². The fourth-order valence-electron chi connectivity index (χ4n) is 4.76. The van der Waals surface area contributed by atoms with Crippen LogP contribution in [-0.2, 0) is 11.2 Å². The van der Waals surface area contributed by atoms with E-state index in [2.05, 4.69) is 21.3 Å². The Kier molecular flexibility index (Phi) is 6.02. The number of hydrogen-bond acceptors (Lipinski definition) is 4. The largest absolute Gasteiger partial charge is 0.371 e. The Morgan fingerprint density at radius 2 is 1.83 bits per heavy atom. The third-order valence-electron chi connectivity index (χ3n) is 6.45. The van der Waals surface area contributed by atoms with Crippen molar-refractivity contribution in [3.63, 3.8) is 0 Å². The van der Waals surface area contributed by atoms with Crippen molar-refractivity contribution in [3.05, 3.63) is 59.4 Å². The Bertz CT molecular complexity index is 907. The number of aryl methyl sites for hydroxylation is 1. The van der Waals surface area contributed by atoms with Crippen LogP contribution in [0.5, 0.6) is 0 Å². The number of amides is 2. The van der Waals surface area contributed by atoms with Gasteiger partial charge < -0.3 is 15.1 Å². The molecule has 1 aromatic carbocycles. The second kappa shape index (κ2) is 8.86. The molecule has 158 valence electrons. The molecule has 2 amide bonds. The Hall–Kier alpha value is -2.89. The van der Waals surface area contributed by atoms with Crippen LogP contribution in [0.2, 0.25) is 0 Å². The van der Waals surface area contributed by atoms with Gasteiger partial charge in [0.25, 0.3) is 5.91 Å². The molecule has 0 spiro atoms. The molecular weight excluding hydrogens is 376 g/mol. The molecule has 4 rings (SSSR count). The van der Waals surface area contributed by atoms with Crippen LogP contribution in [0.1, 0.15) is 60.1 Å². The molecule has 1 aromatic heterocycles. The minimum absolute atomic E-state index is 0.00732. The summed E-state index contributed by atoms with van der Waals surface area (Å²) in [7, 11) is 1.92. The average Bonchev–Trinajstić information content (AvgIpc) is 2.78. The summed E-state index contributed by atoms with van der Waals surface area (Å²) in [5, 5.41) is 3.04. The summed E-state index contributed by atoms with van der Waals surface area (Å²) in [5.41, 5.74) is 4.24. The number of rotatable bonds is 4. The maximum atomic E-state index is 13.2. The minimum atomic E-state index is -0.0253. The first-order chi connectivity index (χ1) is 14.5. The van der Waals surface area contributed by atoms with E-state index in [9.17, 15) is 9.59 Å². The van der Waals surface area contributed by atoms with Crippen molar-refractivity contribution < 1.29 is 9.59 Å². The molecule has 2 heterocycles. The summed E-state index contributed by atoms with van der Waals surface area (Å²) in [5.74, 6) is 0.0370. The standard InChI is InChI=1S/C24H30N4O2/c1-17(29)26-23-5-3-4-18-6-7-19(16-22(18)23)24(30)27(2)20-10-14-28(15-11-20)21-8-12-25-13-9-21/h6-9,12-13,16,20,23H,3-5,10-11,14-15H2,1-2H3,(H,26,29). The van der Waals surface area contributed by atoms with Crippen LogP contribution in [0.25, 0.3) is 0 Å². The third-order valence-corrected chi connectivity index (χ3v) is 6.45. The van der Waals surface area contributed by atoms with Crippen molar-refractivity contribution in [3.8, 4) is 0 Å². The van der Waals surface area contributed by atoms with Gasteiger partial charge in [0.05, 0.1) is 6.04 Å². The molecule has 0 bridgehead atoms. The van der Waals surface area contributed by atoms with E-state index < -0.39 is 0 Å². The van der Waals surface area contributed by atoms with Gasteiger partial charge in [-0.25, -0.2) is 0 Å². The van der Waals surface area contributed by atoms with Crippen molar-refractivity contribution in [2.24, 2.45) is 0 Å². The summed E-state index contributed by atoms with van der Waals surface area (Å²) in [6.07, 6.45) is 8.52. The molecule has 0 saturated carbocycles. The Morgan fingerprint density at radius 1 is 1.10 bits per heavy atom. The van der Waals surface area contributed by atoms with Crippen molar-refractivity contribution in [1.82, 2.24) is 15.2 Å². The SMILES string of the molecule is CC(=O)NC1CCCc2ccc(C(=O)N(C)C3CCN(c4ccncc4)CC3)cc21. The van der Waals surface area contributed by atoms with Crippen molar-refractivity contribution in [2.45, 2.75) is 51.1 Å². The highest BCUT2D eigenvalue weighted by Gasteiger charge is 2.28. The average molecular weight is 407 g/mol. The van der Waals surface area contributed by atoms with E-state index in [0.29, 0.717) is 5.56 Å². The van der Waals surface area contributed by atoms with Crippen LogP contribution in [0.15, 0.2) is 42.7 Å². The number of aromatic nitrogens is 1. The predicted molar refractivity (Wildman–Crippen MR) is 118 cm³/mol. The number of pyridine rings is 1. The molecule has 1 fully saturated rings. The second-order valence-corrected chi connectivity index (χ2v) is 8.40. The van der Waals surface area contributed by atoms with E-state index in [1.807, 2.05) is 48.6 Å². The van der Waals surface area contributed by atoms with E-state index in [1.165, 1.54) is 11.3 Å². The van der Waals surface area contributed by atoms with E-state index in [1.54, 1.807) is 6.92 Å². The zero-order valence-electron chi connectivity index (χ0n) is 17.8. The normalized spacial score (nSPS) is 19.1. The lowest BCUT2D eigenvalue weighted by atomic mass is 9.86. The molecule has 0 radical (unpaired) electrons. The number of piperidine rings is 1. The minimum Gasteiger partial charge on any atom is -0.371 e. The van der Waals surface area contributed by atoms with Gasteiger partial charge in [0.2, 0.25) is 5.91 Å². The lowest BCUT2D eigenvalue weighted by Crippen LogP contribution is -2.45. The zero-order valence-corrected chi connectivity index (χ0v) is 17.8. The van der Waals surface area contributed by atoms with Crippen molar-refractivity contribution in [2.75, 3.05) is 25.0 Å². The fraction of sp³-hybridized carbons (Fsp3) is 0.458. The number of carbonyl (C=O) groups is 2. The zero-order chi connectivity index (χ0) is 21.1. The maximum absolute atomic E-state index is 13.2. The summed E-state index contributed by atoms with van der Waals surface area (Å²) in [6, 6.07) is 10.3. The summed E-state index contributed by atoms with van der Waals surface area (Å²) >= 11 is 0. The van der Waals surface area contributed by atoms with E-state index in [4.69, 9.17) is 0 Å². The van der Waals surface area contributed by atoms with Crippen molar-refractivity contribution >= 4 is 17.5 Å². The molecule has 30 heavy (non-hydrogen) atoms. The number of fused-ring (bicyclic) bond motifs is 1. The molecule has 1 saturated heterocycles. The molecule has 2 aromatic rings. The third kappa shape index (κ3) is 4.32. The Balaban J connectivity index is 1.44. The fourth-order valence-corrected chi connectivity index (χ4v) is 4.76. The van der Waals surface area contributed by atoms with Gasteiger partial charge >= 0.3 is 0 Å². The lowest BCUT2D eigenvalue weighted by Gasteiger charge is -2.38. The van der Waals surface area contributed by atoms with Crippen LogP contribution in [0.4, 0.5) is 5.69 Å². The van der Waals surface area contributed by atoms with Gasteiger partial charge in [-0.05, 0) is 67.5 Å². The predicted octanol–water partition coefficient (Wildman–Crippen LogP) is 3.34. The van der Waals surface area contributed by atoms with Gasteiger partial charge in [0, 0.05) is 56.7 Å². The van der Waals surface area contributed by atoms with E-state index in [-0.39, 0.29) is 23.9 Å². The number of carbonyl (C=O) groups excluding carboxylic acids is 2. The second-order valence-electron chi connectivity index (χ2n) is 8.40. The molecule has 1 atom stereocenters. The van der Waals surface area contributed by atoms with Crippen LogP contribution >= 0.6 is 0 Å². The smallest absolute Gasteiger partial charge is 0.253 e. The number of hydrogen-bond donors (Lipinski definition) is 1. The molecule has 1 aliphatic heterocycles. The number of anilines is 1. The van der Waals surface area contributed by atoms with E-state index in [0.717, 1.165) is 50.8 Å². The van der Waals surface area contributed by atoms with Crippen LogP contribution in [0, 0.1) is 0 Å². The first-order valence-electron chi connectivity index (χ1n) is 10.8. The Morgan fingerprint density at radius 3 is 2.53 bits per heavy atom. The van der Waals surface area contributed by atoms with Crippen molar-refractivity contribution in [1.29, 1.82) is 0 Å². The highest BCUT2D eigenvalue weighted by Crippen LogP contribution is 2.31. The lowest BCUT2D eigenvalue weighted by molar-refractivity contribution is -0.119. The summed E-state index contributed by atoms with van der Waals surface area (Å²) < 4.78 is 0. The molecule has 2 aliphatic rings. The molecular formula is C24H30N4O2. The maximum Gasteiger partial charge on any atom is 0.253 e. The van der Waals surface area contributed by atoms with Gasteiger partial charge in [-0.3, -0.25) is 14.6 Å². The van der Waals surface area contributed by atoms with Gasteiger partial charge in [-0.1, -0.05) is 6.07 Å². The topological polar surface area (TPSA) is 65.5 Å². The molecule has 6 nitrogen and oxygen atoms in total. The number of nitrogens with one attached hydrogen (secondary N) is 1. The quantitative estimate of drug-likeness (QED) is 0.846. The van der Waals surface area contributed by atoms with E-state index >= 15 is 0 Å². The highest BCUT2D eigenvalue weighted by molar-refractivity contribution is 5.94. The number of benzene rings is 1. The first-order valence-corrected chi connectivity index (χ1v) is 10.8. The monoisotopic (exact) mass is 406 g/mol. The van der Waals surface area contributed by atoms with Crippen LogP contribution in [0.3, 0.4) is 0 Å². The number of nitrogens with zero attached hydrogens (tertiary/aromatic N) is 3. The van der Waals surface area contributed by atoms with Gasteiger partial charge in [-0.15, -0.1) is 0 Å². The van der Waals surface area contributed by atoms with Gasteiger partial charge in [0.1, 0.15) is 0 Å². The molecule has 1 unspecified atom stereocenters. The summed E-state index contributed by atoms with van der Waals surface area (Å²) in [4.78, 5) is 33.2. The molecule has 6 heteroatoms. The van der Waals surface area contributed by atoms with Gasteiger partial charge in [0.15, 0.2) is 0 Å². The highest BCUT2D eigenvalue weighted by atomic mass is 16.2. The van der Waals surface area contributed by atoms with Gasteiger partial charge in [-0.2, -0.15) is 0 Å². The Labute approximate surface area is 178 Å². The summed E-state index contributed by atoms with van der Waals surface area (Å²) in [6.45, 7) is 3.41. The van der Waals surface area contributed by atoms with Crippen LogP contribution in [-0.4, -0.2) is 47.9 Å². The molecule has 1 N–H and O–H groups in total. The molecule has 1 aliphatic carbocycles. The first kappa shape index (κ1) is 20.4.